The second-order valence-corrected chi connectivity index (χ2v) is 7.14. The Balaban J connectivity index is 0.00000243. The average Bonchev–Trinajstić information content (AvgIpc) is 3.10. The molecule has 1 aliphatic heterocycles. The zero-order valence-electron chi connectivity index (χ0n) is 16.1. The maximum atomic E-state index is 10.3. The van der Waals surface area contributed by atoms with E-state index in [1.165, 1.54) is 43.4 Å². The van der Waals surface area contributed by atoms with Crippen LogP contribution in [-0.4, -0.2) is 48.7 Å². The van der Waals surface area contributed by atoms with Crippen LogP contribution < -0.4 is 10.6 Å². The molecule has 0 spiro atoms. The third-order valence-electron chi connectivity index (χ3n) is 5.69. The largest absolute Gasteiger partial charge is 0.508 e. The van der Waals surface area contributed by atoms with Crippen molar-refractivity contribution in [1.29, 1.82) is 0 Å². The van der Waals surface area contributed by atoms with Gasteiger partial charge in [-0.25, -0.2) is 0 Å². The molecule has 1 atom stereocenters. The molecule has 1 saturated heterocycles. The van der Waals surface area contributed by atoms with Gasteiger partial charge in [-0.1, -0.05) is 13.0 Å². The number of fused-ring (bicyclic) bond motifs is 1. The van der Waals surface area contributed by atoms with Gasteiger partial charge in [0.15, 0.2) is 5.96 Å². The van der Waals surface area contributed by atoms with Gasteiger partial charge in [-0.15, -0.1) is 24.0 Å². The Morgan fingerprint density at radius 2 is 2.04 bits per heavy atom. The summed E-state index contributed by atoms with van der Waals surface area (Å²) in [6.45, 7) is 6.09. The number of guanidine groups is 1. The van der Waals surface area contributed by atoms with Crippen LogP contribution in [0.1, 0.15) is 49.3 Å². The standard InChI is InChI=1S/C20H32N4O.HI/c1-3-24-12-6-8-16(24)13-22-20(21-2)23-14-18-17-9-5-4-7-15(17)10-11-19(18)25;/h10-11,16,25H,3-9,12-14H2,1-2H3,(H2,21,22,23);1H. The van der Waals surface area contributed by atoms with Crippen LogP contribution in [0.3, 0.4) is 0 Å². The van der Waals surface area contributed by atoms with Crippen molar-refractivity contribution < 1.29 is 5.11 Å². The van der Waals surface area contributed by atoms with E-state index in [1.54, 1.807) is 0 Å². The van der Waals surface area contributed by atoms with Gasteiger partial charge in [0.2, 0.25) is 0 Å². The summed E-state index contributed by atoms with van der Waals surface area (Å²) < 4.78 is 0. The van der Waals surface area contributed by atoms with Gasteiger partial charge in [0.25, 0.3) is 0 Å². The van der Waals surface area contributed by atoms with Gasteiger partial charge >= 0.3 is 0 Å². The number of aliphatic imine (C=N–C) groups is 1. The van der Waals surface area contributed by atoms with E-state index in [2.05, 4.69) is 33.5 Å². The fourth-order valence-corrected chi connectivity index (χ4v) is 4.24. The van der Waals surface area contributed by atoms with Crippen molar-refractivity contribution in [1.82, 2.24) is 15.5 Å². The Bertz CT molecular complexity index is 620. The van der Waals surface area contributed by atoms with E-state index in [1.807, 2.05) is 13.1 Å². The van der Waals surface area contributed by atoms with Crippen molar-refractivity contribution >= 4 is 29.9 Å². The maximum Gasteiger partial charge on any atom is 0.191 e. The second kappa shape index (κ2) is 10.3. The highest BCUT2D eigenvalue weighted by Gasteiger charge is 2.23. The summed E-state index contributed by atoms with van der Waals surface area (Å²) in [5, 5.41) is 17.2. The van der Waals surface area contributed by atoms with Crippen molar-refractivity contribution in [2.24, 2.45) is 4.99 Å². The van der Waals surface area contributed by atoms with E-state index in [0.29, 0.717) is 18.3 Å². The quantitative estimate of drug-likeness (QED) is 0.351. The van der Waals surface area contributed by atoms with Gasteiger partial charge in [-0.2, -0.15) is 0 Å². The minimum absolute atomic E-state index is 0. The van der Waals surface area contributed by atoms with Gasteiger partial charge in [0.05, 0.1) is 0 Å². The van der Waals surface area contributed by atoms with Crippen molar-refractivity contribution in [2.75, 3.05) is 26.7 Å². The number of aryl methyl sites for hydroxylation is 1. The molecule has 1 aromatic rings. The number of hydrogen-bond acceptors (Lipinski definition) is 3. The predicted octanol–water partition coefficient (Wildman–Crippen LogP) is 3.04. The average molecular weight is 472 g/mol. The van der Waals surface area contributed by atoms with Crippen LogP contribution in [0.25, 0.3) is 0 Å². The number of nitrogens with one attached hydrogen (secondary N) is 2. The van der Waals surface area contributed by atoms with Gasteiger partial charge in [-0.3, -0.25) is 9.89 Å². The normalized spacial score (nSPS) is 20.4. The smallest absolute Gasteiger partial charge is 0.191 e. The van der Waals surface area contributed by atoms with E-state index < -0.39 is 0 Å². The molecule has 0 saturated carbocycles. The fraction of sp³-hybridized carbons (Fsp3) is 0.650. The predicted molar refractivity (Wildman–Crippen MR) is 119 cm³/mol. The lowest BCUT2D eigenvalue weighted by Gasteiger charge is -2.24. The van der Waals surface area contributed by atoms with Crippen LogP contribution in [0.5, 0.6) is 5.75 Å². The molecule has 1 fully saturated rings. The Hall–Kier alpha value is -1.02. The third-order valence-corrected chi connectivity index (χ3v) is 5.69. The molecule has 26 heavy (non-hydrogen) atoms. The lowest BCUT2D eigenvalue weighted by Crippen LogP contribution is -2.44. The number of aromatic hydroxyl groups is 1. The van der Waals surface area contributed by atoms with Crippen molar-refractivity contribution in [2.45, 2.75) is 58.0 Å². The second-order valence-electron chi connectivity index (χ2n) is 7.14. The Kier molecular flexibility index (Phi) is 8.47. The number of likely N-dealkylation sites (N-methyl/N-ethyl adjacent to an activating group) is 1. The molecule has 1 unspecified atom stereocenters. The topological polar surface area (TPSA) is 59.9 Å². The van der Waals surface area contributed by atoms with Crippen LogP contribution in [0.15, 0.2) is 17.1 Å². The highest BCUT2D eigenvalue weighted by molar-refractivity contribution is 14.0. The van der Waals surface area contributed by atoms with Crippen LogP contribution >= 0.6 is 24.0 Å². The van der Waals surface area contributed by atoms with Gasteiger partial charge < -0.3 is 15.7 Å². The number of benzene rings is 1. The monoisotopic (exact) mass is 472 g/mol. The molecule has 2 aliphatic rings. The molecule has 5 nitrogen and oxygen atoms in total. The number of halogens is 1. The highest BCUT2D eigenvalue weighted by Crippen LogP contribution is 2.30. The highest BCUT2D eigenvalue weighted by atomic mass is 127. The molecular weight excluding hydrogens is 439 g/mol. The Labute approximate surface area is 174 Å². The molecule has 0 radical (unpaired) electrons. The summed E-state index contributed by atoms with van der Waals surface area (Å²) in [7, 11) is 1.81. The number of phenols is 1. The van der Waals surface area contributed by atoms with Crippen LogP contribution in [0, 0.1) is 0 Å². The SMILES string of the molecule is CCN1CCCC1CNC(=NC)NCc1c(O)ccc2c1CCCC2.I. The third kappa shape index (κ3) is 5.03. The van der Waals surface area contributed by atoms with E-state index in [0.717, 1.165) is 37.5 Å². The van der Waals surface area contributed by atoms with E-state index in [4.69, 9.17) is 0 Å². The Morgan fingerprint density at radius 1 is 1.23 bits per heavy atom. The molecule has 3 rings (SSSR count). The molecule has 0 bridgehead atoms. The fourth-order valence-electron chi connectivity index (χ4n) is 4.24. The molecule has 0 aromatic heterocycles. The summed E-state index contributed by atoms with van der Waals surface area (Å²) in [6, 6.07) is 4.52. The molecule has 3 N–H and O–H groups in total. The molecule has 1 heterocycles. The van der Waals surface area contributed by atoms with Crippen molar-refractivity contribution in [3.05, 3.63) is 28.8 Å². The zero-order valence-corrected chi connectivity index (χ0v) is 18.4. The number of nitrogens with zero attached hydrogens (tertiary/aromatic N) is 2. The molecule has 1 aliphatic carbocycles. The first kappa shape index (κ1) is 21.3. The summed E-state index contributed by atoms with van der Waals surface area (Å²) in [6.07, 6.45) is 7.21. The minimum atomic E-state index is 0. The Morgan fingerprint density at radius 3 is 2.81 bits per heavy atom. The number of phenolic OH excluding ortho intramolecular Hbond substituents is 1. The minimum Gasteiger partial charge on any atom is -0.508 e. The van der Waals surface area contributed by atoms with Crippen molar-refractivity contribution in [3.63, 3.8) is 0 Å². The van der Waals surface area contributed by atoms with Gasteiger partial charge in [0, 0.05) is 31.7 Å². The van der Waals surface area contributed by atoms with Crippen LogP contribution in [-0.2, 0) is 19.4 Å². The molecule has 1 aromatic carbocycles. The van der Waals surface area contributed by atoms with E-state index in [9.17, 15) is 5.11 Å². The first-order chi connectivity index (χ1) is 12.2. The van der Waals surface area contributed by atoms with Crippen LogP contribution in [0.2, 0.25) is 0 Å². The van der Waals surface area contributed by atoms with Gasteiger partial charge in [-0.05, 0) is 68.8 Å². The summed E-state index contributed by atoms with van der Waals surface area (Å²) in [5.41, 5.74) is 3.77. The number of likely N-dealkylation sites (tertiary alicyclic amines) is 1. The summed E-state index contributed by atoms with van der Waals surface area (Å²) >= 11 is 0. The lowest BCUT2D eigenvalue weighted by molar-refractivity contribution is 0.267. The number of rotatable bonds is 5. The maximum absolute atomic E-state index is 10.3. The van der Waals surface area contributed by atoms with E-state index in [-0.39, 0.29) is 24.0 Å². The summed E-state index contributed by atoms with van der Waals surface area (Å²) in [4.78, 5) is 6.88. The first-order valence-electron chi connectivity index (χ1n) is 9.74. The molecule has 0 amide bonds. The zero-order chi connectivity index (χ0) is 17.6. The molecule has 6 heteroatoms. The molecular formula is C20H33IN4O. The van der Waals surface area contributed by atoms with Crippen LogP contribution in [0.4, 0.5) is 0 Å². The number of hydrogen-bond donors (Lipinski definition) is 3. The first-order valence-corrected chi connectivity index (χ1v) is 9.74. The summed E-state index contributed by atoms with van der Waals surface area (Å²) in [5.74, 6) is 1.22. The van der Waals surface area contributed by atoms with E-state index >= 15 is 0 Å². The van der Waals surface area contributed by atoms with Crippen molar-refractivity contribution in [3.8, 4) is 5.75 Å². The van der Waals surface area contributed by atoms with Gasteiger partial charge in [0.1, 0.15) is 5.75 Å². The lowest BCUT2D eigenvalue weighted by atomic mass is 9.88. The molecule has 146 valence electrons.